The van der Waals surface area contributed by atoms with Crippen molar-refractivity contribution in [3.63, 3.8) is 0 Å². The Labute approximate surface area is 164 Å². The molecule has 0 N–H and O–H groups in total. The summed E-state index contributed by atoms with van der Waals surface area (Å²) in [5.41, 5.74) is 1.55. The zero-order chi connectivity index (χ0) is 18.4. The monoisotopic (exact) mass is 404 g/mol. The summed E-state index contributed by atoms with van der Waals surface area (Å²) >= 11 is 13.5. The number of carbonyl (C=O) groups is 1. The van der Waals surface area contributed by atoms with E-state index < -0.39 is 0 Å². The molecule has 1 aromatic heterocycles. The standard InChI is InChI=1S/C19H14Cl2N2O2S/c1-22-18-17(26-19(22)25)14(13-8-7-11(20)9-15(13)21)10-16(24)23(18)12-5-3-2-4-6-12/h2-9,14H,10H2,1H3/t14-/m1/s1. The lowest BCUT2D eigenvalue weighted by atomic mass is 9.90. The third kappa shape index (κ3) is 2.76. The summed E-state index contributed by atoms with van der Waals surface area (Å²) in [4.78, 5) is 27.8. The molecule has 0 saturated carbocycles. The lowest BCUT2D eigenvalue weighted by molar-refractivity contribution is -0.118. The van der Waals surface area contributed by atoms with E-state index in [2.05, 4.69) is 0 Å². The van der Waals surface area contributed by atoms with Crippen molar-refractivity contribution in [2.75, 3.05) is 4.90 Å². The van der Waals surface area contributed by atoms with Crippen LogP contribution in [0.5, 0.6) is 0 Å². The molecule has 2 heterocycles. The molecule has 0 unspecified atom stereocenters. The molecular weight excluding hydrogens is 391 g/mol. The van der Waals surface area contributed by atoms with Crippen molar-refractivity contribution in [1.29, 1.82) is 0 Å². The highest BCUT2D eigenvalue weighted by molar-refractivity contribution is 7.10. The summed E-state index contributed by atoms with van der Waals surface area (Å²) in [5, 5.41) is 1.03. The molecule has 0 spiro atoms. The van der Waals surface area contributed by atoms with Crippen LogP contribution < -0.4 is 9.77 Å². The maximum atomic E-state index is 13.0. The van der Waals surface area contributed by atoms with Gasteiger partial charge >= 0.3 is 4.87 Å². The van der Waals surface area contributed by atoms with Crippen molar-refractivity contribution in [1.82, 2.24) is 4.57 Å². The SMILES string of the molecule is Cn1c2c(sc1=O)[C@@H](c1ccc(Cl)cc1Cl)CC(=O)N2c1ccccc1. The average molecular weight is 405 g/mol. The molecule has 3 aromatic rings. The van der Waals surface area contributed by atoms with Gasteiger partial charge in [0.05, 0.1) is 10.6 Å². The average Bonchev–Trinajstić information content (AvgIpc) is 2.91. The number of aromatic nitrogens is 1. The third-order valence-electron chi connectivity index (χ3n) is 4.52. The molecule has 0 fully saturated rings. The van der Waals surface area contributed by atoms with Gasteiger partial charge in [0, 0.05) is 29.4 Å². The second-order valence-corrected chi connectivity index (χ2v) is 7.94. The molecule has 0 bridgehead atoms. The van der Waals surface area contributed by atoms with E-state index in [0.717, 1.165) is 27.5 Å². The number of nitrogens with zero attached hydrogens (tertiary/aromatic N) is 2. The van der Waals surface area contributed by atoms with E-state index in [-0.39, 0.29) is 23.1 Å². The number of hydrogen-bond acceptors (Lipinski definition) is 3. The smallest absolute Gasteiger partial charge is 0.288 e. The third-order valence-corrected chi connectivity index (χ3v) is 6.22. The highest BCUT2D eigenvalue weighted by Crippen LogP contribution is 2.46. The minimum atomic E-state index is -0.263. The van der Waals surface area contributed by atoms with Gasteiger partial charge in [-0.2, -0.15) is 0 Å². The molecule has 0 radical (unpaired) electrons. The number of hydrogen-bond donors (Lipinski definition) is 0. The maximum Gasteiger partial charge on any atom is 0.308 e. The fourth-order valence-electron chi connectivity index (χ4n) is 3.30. The molecule has 4 rings (SSSR count). The van der Waals surface area contributed by atoms with Gasteiger partial charge < -0.3 is 0 Å². The molecule has 0 saturated heterocycles. The molecule has 1 aliphatic rings. The minimum absolute atomic E-state index is 0.0758. The number of fused-ring (bicyclic) bond motifs is 1. The van der Waals surface area contributed by atoms with E-state index in [1.807, 2.05) is 36.4 Å². The van der Waals surface area contributed by atoms with Gasteiger partial charge in [-0.05, 0) is 29.8 Å². The van der Waals surface area contributed by atoms with Gasteiger partial charge in [0.25, 0.3) is 0 Å². The van der Waals surface area contributed by atoms with Crippen LogP contribution in [0.15, 0.2) is 53.3 Å². The Morgan fingerprint density at radius 1 is 1.08 bits per heavy atom. The van der Waals surface area contributed by atoms with Gasteiger partial charge in [0.1, 0.15) is 5.82 Å². The molecule has 7 heteroatoms. The van der Waals surface area contributed by atoms with Crippen molar-refractivity contribution in [2.45, 2.75) is 12.3 Å². The van der Waals surface area contributed by atoms with Gasteiger partial charge in [0.2, 0.25) is 5.91 Å². The fraction of sp³-hybridized carbons (Fsp3) is 0.158. The molecular formula is C19H14Cl2N2O2S. The number of thiazole rings is 1. The van der Waals surface area contributed by atoms with Crippen LogP contribution in [0, 0.1) is 0 Å². The summed E-state index contributed by atoms with van der Waals surface area (Å²) in [5.74, 6) is 0.271. The second-order valence-electron chi connectivity index (χ2n) is 6.10. The van der Waals surface area contributed by atoms with Crippen LogP contribution in [0.25, 0.3) is 0 Å². The molecule has 1 amide bonds. The zero-order valence-corrected chi connectivity index (χ0v) is 16.1. The van der Waals surface area contributed by atoms with Crippen LogP contribution in [0.3, 0.4) is 0 Å². The Kier molecular flexibility index (Phi) is 4.39. The first-order valence-corrected chi connectivity index (χ1v) is 9.57. The normalized spacial score (nSPS) is 16.7. The van der Waals surface area contributed by atoms with Crippen LogP contribution in [0.1, 0.15) is 22.8 Å². The minimum Gasteiger partial charge on any atom is -0.288 e. The van der Waals surface area contributed by atoms with E-state index in [0.29, 0.717) is 15.9 Å². The highest BCUT2D eigenvalue weighted by Gasteiger charge is 2.37. The van der Waals surface area contributed by atoms with Crippen molar-refractivity contribution < 1.29 is 4.79 Å². The van der Waals surface area contributed by atoms with Crippen LogP contribution >= 0.6 is 34.5 Å². The first-order valence-electron chi connectivity index (χ1n) is 8.00. The number of halogens is 2. The number of anilines is 2. The van der Waals surface area contributed by atoms with E-state index in [1.54, 1.807) is 24.1 Å². The predicted octanol–water partition coefficient (Wildman–Crippen LogP) is 4.95. The first kappa shape index (κ1) is 17.3. The predicted molar refractivity (Wildman–Crippen MR) is 106 cm³/mol. The summed E-state index contributed by atoms with van der Waals surface area (Å²) < 4.78 is 1.53. The Balaban J connectivity index is 1.92. The van der Waals surface area contributed by atoms with E-state index in [1.165, 1.54) is 4.57 Å². The van der Waals surface area contributed by atoms with Gasteiger partial charge in [-0.3, -0.25) is 19.1 Å². The number of rotatable bonds is 2. The molecule has 132 valence electrons. The Morgan fingerprint density at radius 2 is 1.81 bits per heavy atom. The van der Waals surface area contributed by atoms with Gasteiger partial charge in [-0.1, -0.05) is 58.8 Å². The molecule has 26 heavy (non-hydrogen) atoms. The van der Waals surface area contributed by atoms with Crippen LogP contribution in [-0.4, -0.2) is 10.5 Å². The topological polar surface area (TPSA) is 42.3 Å². The highest BCUT2D eigenvalue weighted by atomic mass is 35.5. The van der Waals surface area contributed by atoms with E-state index in [9.17, 15) is 9.59 Å². The fourth-order valence-corrected chi connectivity index (χ4v) is 4.93. The van der Waals surface area contributed by atoms with Crippen LogP contribution in [-0.2, 0) is 11.8 Å². The summed E-state index contributed by atoms with van der Waals surface area (Å²) in [6.07, 6.45) is 0.239. The van der Waals surface area contributed by atoms with Crippen LogP contribution in [0.2, 0.25) is 10.0 Å². The zero-order valence-electron chi connectivity index (χ0n) is 13.8. The quantitative estimate of drug-likeness (QED) is 0.605. The molecule has 1 aliphatic heterocycles. The summed E-state index contributed by atoms with van der Waals surface area (Å²) in [6, 6.07) is 14.6. The first-order chi connectivity index (χ1) is 12.5. The van der Waals surface area contributed by atoms with E-state index in [4.69, 9.17) is 23.2 Å². The summed E-state index contributed by atoms with van der Waals surface area (Å²) in [7, 11) is 1.69. The molecule has 1 atom stereocenters. The van der Waals surface area contributed by atoms with Crippen molar-refractivity contribution in [3.05, 3.63) is 78.7 Å². The largest absolute Gasteiger partial charge is 0.308 e. The second kappa shape index (κ2) is 6.58. The van der Waals surface area contributed by atoms with Crippen molar-refractivity contribution in [2.24, 2.45) is 7.05 Å². The Morgan fingerprint density at radius 3 is 2.50 bits per heavy atom. The van der Waals surface area contributed by atoms with Crippen LogP contribution in [0.4, 0.5) is 11.5 Å². The molecule has 0 aliphatic carbocycles. The number of benzene rings is 2. The van der Waals surface area contributed by atoms with Crippen molar-refractivity contribution in [3.8, 4) is 0 Å². The Hall–Kier alpha value is -2.08. The number of amides is 1. The van der Waals surface area contributed by atoms with Gasteiger partial charge in [-0.25, -0.2) is 0 Å². The number of carbonyl (C=O) groups excluding carboxylic acids is 1. The summed E-state index contributed by atoms with van der Waals surface area (Å²) in [6.45, 7) is 0. The van der Waals surface area contributed by atoms with E-state index >= 15 is 0 Å². The van der Waals surface area contributed by atoms with Crippen molar-refractivity contribution >= 4 is 52.0 Å². The molecule has 2 aromatic carbocycles. The molecule has 4 nitrogen and oxygen atoms in total. The van der Waals surface area contributed by atoms with Gasteiger partial charge in [-0.15, -0.1) is 0 Å². The Bertz CT molecular complexity index is 1060. The lowest BCUT2D eigenvalue weighted by Crippen LogP contribution is -2.34. The maximum absolute atomic E-state index is 13.0. The van der Waals surface area contributed by atoms with Gasteiger partial charge in [0.15, 0.2) is 0 Å². The lowest BCUT2D eigenvalue weighted by Gasteiger charge is -2.32. The number of para-hydroxylation sites is 1.